The zero-order chi connectivity index (χ0) is 5.41. The van der Waals surface area contributed by atoms with Crippen LogP contribution in [0.5, 0.6) is 0 Å². The van der Waals surface area contributed by atoms with E-state index in [0.29, 0.717) is 0 Å². The van der Waals surface area contributed by atoms with Crippen molar-refractivity contribution in [1.82, 2.24) is 0 Å². The molecule has 0 unspecified atom stereocenters. The molecule has 0 heterocycles. The van der Waals surface area contributed by atoms with Crippen molar-refractivity contribution < 1.29 is 73.9 Å². The molecule has 0 spiro atoms. The first-order chi connectivity index (χ1) is 2.83. The third kappa shape index (κ3) is 113. The molecule has 0 aliphatic carbocycles. The van der Waals surface area contributed by atoms with Gasteiger partial charge in [0.1, 0.15) is 0 Å². The maximum absolute atomic E-state index is 8.50. The SMILES string of the molecule is [Ag].[O]=[Ti]=[O].[O]=[Ti]=[O]. The van der Waals surface area contributed by atoms with Crippen molar-refractivity contribution >= 4 is 0 Å². The van der Waals surface area contributed by atoms with E-state index in [2.05, 4.69) is 0 Å². The summed E-state index contributed by atoms with van der Waals surface area (Å²) in [6.45, 7) is 0. The van der Waals surface area contributed by atoms with Crippen molar-refractivity contribution in [2.75, 3.05) is 0 Å². The summed E-state index contributed by atoms with van der Waals surface area (Å²) in [4.78, 5) is 0. The Morgan fingerprint density at radius 3 is 0.714 bits per heavy atom. The number of rotatable bonds is 0. The van der Waals surface area contributed by atoms with Gasteiger partial charge in [0.25, 0.3) is 0 Å². The zero-order valence-corrected chi connectivity index (χ0v) is 7.54. The third-order valence-electron chi connectivity index (χ3n) is 0. The van der Waals surface area contributed by atoms with E-state index in [1.54, 1.807) is 0 Å². The van der Waals surface area contributed by atoms with Gasteiger partial charge in [-0.2, -0.15) is 0 Å². The monoisotopic (exact) mass is 267 g/mol. The molecule has 0 aromatic carbocycles. The van der Waals surface area contributed by atoms with E-state index in [-0.39, 0.29) is 22.4 Å². The topological polar surface area (TPSA) is 68.3 Å². The molecule has 0 amide bonds. The number of hydrogen-bond donors (Lipinski definition) is 0. The van der Waals surface area contributed by atoms with Crippen molar-refractivity contribution in [3.63, 3.8) is 0 Å². The van der Waals surface area contributed by atoms with Crippen LogP contribution in [0.15, 0.2) is 0 Å². The van der Waals surface area contributed by atoms with E-state index >= 15 is 0 Å². The van der Waals surface area contributed by atoms with Gasteiger partial charge in [-0.15, -0.1) is 0 Å². The van der Waals surface area contributed by atoms with E-state index in [1.165, 1.54) is 0 Å². The minimum atomic E-state index is -2.00. The van der Waals surface area contributed by atoms with Gasteiger partial charge in [-0.05, 0) is 0 Å². The van der Waals surface area contributed by atoms with Crippen LogP contribution in [-0.2, 0) is 73.9 Å². The summed E-state index contributed by atoms with van der Waals surface area (Å²) < 4.78 is 34.0. The summed E-state index contributed by atoms with van der Waals surface area (Å²) in [5, 5.41) is 0. The van der Waals surface area contributed by atoms with Gasteiger partial charge in [0.2, 0.25) is 0 Å². The molecule has 0 aliphatic heterocycles. The van der Waals surface area contributed by atoms with Crippen LogP contribution in [0.25, 0.3) is 0 Å². The van der Waals surface area contributed by atoms with Crippen molar-refractivity contribution in [2.24, 2.45) is 0 Å². The fourth-order valence-corrected chi connectivity index (χ4v) is 0. The first-order valence-electron chi connectivity index (χ1n) is 0.816. The summed E-state index contributed by atoms with van der Waals surface area (Å²) in [6.07, 6.45) is 0. The predicted molar refractivity (Wildman–Crippen MR) is 2.75 cm³/mol. The van der Waals surface area contributed by atoms with Gasteiger partial charge < -0.3 is 0 Å². The Labute approximate surface area is 73.1 Å². The molecule has 0 rings (SSSR count). The summed E-state index contributed by atoms with van der Waals surface area (Å²) in [5.74, 6) is 0. The van der Waals surface area contributed by atoms with Gasteiger partial charge in [-0.25, -0.2) is 0 Å². The quantitative estimate of drug-likeness (QED) is 0.556. The van der Waals surface area contributed by atoms with Crippen LogP contribution < -0.4 is 0 Å². The Balaban J connectivity index is -0.0000000400. The molecule has 0 saturated heterocycles. The van der Waals surface area contributed by atoms with E-state index < -0.39 is 38.2 Å². The molecule has 7 heteroatoms. The standard InChI is InChI=1S/Ag.4O.2Ti. The van der Waals surface area contributed by atoms with Crippen molar-refractivity contribution in [2.45, 2.75) is 0 Å². The van der Waals surface area contributed by atoms with E-state index in [1.807, 2.05) is 0 Å². The van der Waals surface area contributed by atoms with Crippen LogP contribution in [0.1, 0.15) is 0 Å². The first-order valence-corrected chi connectivity index (χ1v) is 3.37. The van der Waals surface area contributed by atoms with Crippen molar-refractivity contribution in [1.29, 1.82) is 0 Å². The van der Waals surface area contributed by atoms with Gasteiger partial charge in [-0.3, -0.25) is 0 Å². The van der Waals surface area contributed by atoms with Crippen molar-refractivity contribution in [3.8, 4) is 0 Å². The molecule has 0 aromatic heterocycles. The fraction of sp³-hybridized carbons (Fsp3) is 0. The van der Waals surface area contributed by atoms with Crippen LogP contribution in [0.2, 0.25) is 0 Å². The summed E-state index contributed by atoms with van der Waals surface area (Å²) in [5.41, 5.74) is 0. The fourth-order valence-electron chi connectivity index (χ4n) is 0. The molecule has 43 valence electrons. The van der Waals surface area contributed by atoms with Gasteiger partial charge in [0.05, 0.1) is 0 Å². The molecular formula is AgO4Ti2. The van der Waals surface area contributed by atoms with E-state index in [9.17, 15) is 0 Å². The molecule has 0 N–H and O–H groups in total. The molecule has 0 fully saturated rings. The molecule has 0 aromatic rings. The molecule has 0 atom stereocenters. The van der Waals surface area contributed by atoms with E-state index in [0.717, 1.165) is 0 Å². The maximum atomic E-state index is 8.50. The molecule has 0 aliphatic rings. The van der Waals surface area contributed by atoms with Crippen molar-refractivity contribution in [3.05, 3.63) is 0 Å². The summed E-state index contributed by atoms with van der Waals surface area (Å²) in [7, 11) is 0. The molecule has 0 saturated carbocycles. The Morgan fingerprint density at radius 2 is 0.714 bits per heavy atom. The van der Waals surface area contributed by atoms with Gasteiger partial charge in [0.15, 0.2) is 0 Å². The van der Waals surface area contributed by atoms with Crippen LogP contribution >= 0.6 is 0 Å². The Hall–Kier alpha value is 1.37. The minimum absolute atomic E-state index is 0. The van der Waals surface area contributed by atoms with Crippen LogP contribution in [0.4, 0.5) is 0 Å². The Kier molecular flexibility index (Phi) is 59.3. The summed E-state index contributed by atoms with van der Waals surface area (Å²) in [6, 6.07) is 0. The zero-order valence-electron chi connectivity index (χ0n) is 2.93. The summed E-state index contributed by atoms with van der Waals surface area (Å²) >= 11 is -4.00. The molecule has 4 nitrogen and oxygen atoms in total. The normalized spacial score (nSPS) is 2.29. The van der Waals surface area contributed by atoms with Gasteiger partial charge >= 0.3 is 51.5 Å². The second kappa shape index (κ2) is 26.3. The average Bonchev–Trinajstić information content (AvgIpc) is 1.39. The second-order valence-corrected chi connectivity index (χ2v) is 0.687. The third-order valence-corrected chi connectivity index (χ3v) is 0. The molecule has 7 heavy (non-hydrogen) atoms. The van der Waals surface area contributed by atoms with Gasteiger partial charge in [0, 0.05) is 22.4 Å². The van der Waals surface area contributed by atoms with Crippen LogP contribution in [-0.4, -0.2) is 0 Å². The molecule has 1 radical (unpaired) electrons. The average molecular weight is 268 g/mol. The molecule has 0 bridgehead atoms. The molecular weight excluding hydrogens is 268 g/mol. The Bertz CT molecular complexity index is 63.7. The Morgan fingerprint density at radius 1 is 0.714 bits per heavy atom. The number of hydrogen-bond acceptors (Lipinski definition) is 4. The van der Waals surface area contributed by atoms with Crippen LogP contribution in [0, 0.1) is 0 Å². The second-order valence-electron chi connectivity index (χ2n) is 0.167. The van der Waals surface area contributed by atoms with Gasteiger partial charge in [-0.1, -0.05) is 0 Å². The predicted octanol–water partition coefficient (Wildman–Crippen LogP) is -0.483. The van der Waals surface area contributed by atoms with Crippen LogP contribution in [0.3, 0.4) is 0 Å². The van der Waals surface area contributed by atoms with E-state index in [4.69, 9.17) is 13.3 Å². The first kappa shape index (κ1) is 15.8.